The Hall–Kier alpha value is -3.99. The number of aryl methyl sites for hydroxylation is 2. The minimum atomic E-state index is -0.724. The second-order valence-corrected chi connectivity index (χ2v) is 6.96. The van der Waals surface area contributed by atoms with Crippen molar-refractivity contribution in [1.82, 2.24) is 24.5 Å². The Morgan fingerprint density at radius 2 is 1.40 bits per heavy atom. The molecule has 0 saturated heterocycles. The molecule has 6 nitrogen and oxygen atoms in total. The summed E-state index contributed by atoms with van der Waals surface area (Å²) < 4.78 is 30.4. The van der Waals surface area contributed by atoms with Crippen LogP contribution in [0.15, 0.2) is 79.3 Å². The number of hydrogen-bond donors (Lipinski definition) is 0. The van der Waals surface area contributed by atoms with Crippen molar-refractivity contribution in [2.24, 2.45) is 0 Å². The fraction of sp³-hybridized carbons (Fsp3) is 0.0769. The molecule has 3 aromatic heterocycles. The molecule has 0 aliphatic heterocycles. The number of hydrogen-bond acceptors (Lipinski definition) is 4. The maximum absolute atomic E-state index is 13.9. The van der Waals surface area contributed by atoms with E-state index >= 15 is 0 Å². The zero-order valence-electron chi connectivity index (χ0n) is 18.8. The summed E-state index contributed by atoms with van der Waals surface area (Å²) in [7, 11) is 0. The number of rotatable bonds is 3. The third-order valence-electron chi connectivity index (χ3n) is 4.50. The van der Waals surface area contributed by atoms with Crippen molar-refractivity contribution >= 4 is 0 Å². The van der Waals surface area contributed by atoms with Gasteiger partial charge in [0, 0.05) is 50.3 Å². The Morgan fingerprint density at radius 1 is 0.829 bits per heavy atom. The van der Waals surface area contributed by atoms with Crippen molar-refractivity contribution < 1.29 is 28.9 Å². The Bertz CT molecular complexity index is 1270. The summed E-state index contributed by atoms with van der Waals surface area (Å²) in [6.07, 6.45) is 4.98. The van der Waals surface area contributed by atoms with Crippen molar-refractivity contribution in [1.29, 1.82) is 5.26 Å². The second-order valence-electron chi connectivity index (χ2n) is 6.96. The fourth-order valence-electron chi connectivity index (χ4n) is 2.97. The van der Waals surface area contributed by atoms with Gasteiger partial charge in [-0.2, -0.15) is 10.2 Å². The average molecular weight is 646 g/mol. The van der Waals surface area contributed by atoms with Crippen LogP contribution in [0.2, 0.25) is 0 Å². The molecule has 0 bridgehead atoms. The van der Waals surface area contributed by atoms with E-state index in [1.807, 2.05) is 42.5 Å². The van der Waals surface area contributed by atoms with Crippen LogP contribution in [-0.4, -0.2) is 24.5 Å². The third-order valence-corrected chi connectivity index (χ3v) is 4.50. The Kier molecular flexibility index (Phi) is 10.2. The van der Waals surface area contributed by atoms with Gasteiger partial charge in [-0.3, -0.25) is 18.1 Å². The smallest absolute Gasteiger partial charge is 0.0597 e. The largest absolute Gasteiger partial charge is 0.512 e. The van der Waals surface area contributed by atoms with Crippen molar-refractivity contribution in [2.45, 2.75) is 13.8 Å². The van der Waals surface area contributed by atoms with E-state index in [0.717, 1.165) is 28.7 Å². The standard InChI is InChI=1S/C14H11F2N4.C11H8N.CN.Ir/c1-9-3-5-19(17-9)13-8-14(12(16)7-11(13)15)20-6-4-10(2)18-20;1-2-6-10(7-3-1)11-8-4-5-9-12-11;1-2;/h3-7H,1-2H3;1-6,8-9H;;/q3*-1;. The van der Waals surface area contributed by atoms with Crippen molar-refractivity contribution in [3.05, 3.63) is 121 Å². The summed E-state index contributed by atoms with van der Waals surface area (Å²) in [6.45, 7) is 8.32. The molecule has 0 aliphatic carbocycles. The monoisotopic (exact) mass is 646 g/mol. The molecule has 9 heteroatoms. The molecule has 0 N–H and O–H groups in total. The molecular formula is C26H19F2IrN6-3. The summed E-state index contributed by atoms with van der Waals surface area (Å²) in [6, 6.07) is 23.8. The quantitative estimate of drug-likeness (QED) is 0.247. The van der Waals surface area contributed by atoms with Gasteiger partial charge >= 0.3 is 0 Å². The molecule has 0 spiro atoms. The predicted octanol–water partition coefficient (Wildman–Crippen LogP) is 5.40. The molecule has 2 aromatic carbocycles. The van der Waals surface area contributed by atoms with Crippen molar-refractivity contribution in [2.75, 3.05) is 0 Å². The van der Waals surface area contributed by atoms with Gasteiger partial charge in [-0.25, -0.2) is 0 Å². The van der Waals surface area contributed by atoms with Gasteiger partial charge in [0.15, 0.2) is 0 Å². The summed E-state index contributed by atoms with van der Waals surface area (Å²) in [5, 5.41) is 14.5. The molecule has 0 aliphatic rings. The first kappa shape index (κ1) is 27.3. The molecule has 1 radical (unpaired) electrons. The number of pyridine rings is 1. The van der Waals surface area contributed by atoms with E-state index in [4.69, 9.17) is 11.8 Å². The molecule has 0 fully saturated rings. The van der Waals surface area contributed by atoms with Crippen LogP contribution < -0.4 is 0 Å². The van der Waals surface area contributed by atoms with Gasteiger partial charge in [0.05, 0.1) is 11.4 Å². The summed E-state index contributed by atoms with van der Waals surface area (Å²) in [5.41, 5.74) is 3.60. The van der Waals surface area contributed by atoms with Crippen LogP contribution in [0, 0.1) is 49.4 Å². The first-order valence-electron chi connectivity index (χ1n) is 10.1. The van der Waals surface area contributed by atoms with Gasteiger partial charge in [0.25, 0.3) is 0 Å². The number of halogens is 2. The van der Waals surface area contributed by atoms with Crippen molar-refractivity contribution in [3.8, 4) is 22.6 Å². The first-order valence-corrected chi connectivity index (χ1v) is 10.1. The predicted molar refractivity (Wildman–Crippen MR) is 122 cm³/mol. The molecule has 0 amide bonds. The van der Waals surface area contributed by atoms with Gasteiger partial charge in [0.2, 0.25) is 0 Å². The summed E-state index contributed by atoms with van der Waals surface area (Å²) in [4.78, 5) is 4.22. The Balaban J connectivity index is 0.000000247. The van der Waals surface area contributed by atoms with E-state index in [1.54, 1.807) is 44.6 Å². The van der Waals surface area contributed by atoms with Gasteiger partial charge in [-0.15, -0.1) is 42.0 Å². The first-order chi connectivity index (χ1) is 16.5. The zero-order valence-corrected chi connectivity index (χ0v) is 21.2. The van der Waals surface area contributed by atoms with Gasteiger partial charge in [-0.05, 0) is 49.1 Å². The minimum absolute atomic E-state index is 0. The van der Waals surface area contributed by atoms with E-state index in [1.165, 1.54) is 9.36 Å². The number of aromatic nitrogens is 5. The molecule has 0 atom stereocenters. The molecular weight excluding hydrogens is 627 g/mol. The zero-order chi connectivity index (χ0) is 24.5. The van der Waals surface area contributed by atoms with Crippen LogP contribution in [-0.2, 0) is 20.1 Å². The normalized spacial score (nSPS) is 9.66. The molecule has 0 saturated carbocycles. The van der Waals surface area contributed by atoms with Gasteiger partial charge < -0.3 is 16.8 Å². The van der Waals surface area contributed by atoms with Crippen LogP contribution >= 0.6 is 0 Å². The summed E-state index contributed by atoms with van der Waals surface area (Å²) in [5.74, 6) is -1.45. The average Bonchev–Trinajstić information content (AvgIpc) is 3.50. The van der Waals surface area contributed by atoms with Crippen LogP contribution in [0.4, 0.5) is 8.78 Å². The molecule has 35 heavy (non-hydrogen) atoms. The third kappa shape index (κ3) is 7.00. The van der Waals surface area contributed by atoms with Crippen LogP contribution in [0.25, 0.3) is 22.6 Å². The number of nitrogens with zero attached hydrogens (tertiary/aromatic N) is 6. The van der Waals surface area contributed by atoms with E-state index in [9.17, 15) is 8.78 Å². The molecule has 3 heterocycles. The van der Waals surface area contributed by atoms with Crippen molar-refractivity contribution in [3.63, 3.8) is 0 Å². The molecule has 5 aromatic rings. The van der Waals surface area contributed by atoms with E-state index in [0.29, 0.717) is 0 Å². The van der Waals surface area contributed by atoms with Crippen LogP contribution in [0.5, 0.6) is 0 Å². The maximum Gasteiger partial charge on any atom is 0.0597 e. The SMILES string of the molecule is Cc1ccn(-c2[c-]c(-n3ccc(C)n3)c(F)cc2F)n1.[C-]#N.[Ir].[c-]1ccccc1-c1ccccn1. The molecule has 5 rings (SSSR count). The Labute approximate surface area is 215 Å². The topological polar surface area (TPSA) is 72.3 Å². The Morgan fingerprint density at radius 3 is 1.83 bits per heavy atom. The van der Waals surface area contributed by atoms with Crippen LogP contribution in [0.3, 0.4) is 0 Å². The van der Waals surface area contributed by atoms with E-state index < -0.39 is 11.6 Å². The second kappa shape index (κ2) is 13.0. The number of benzene rings is 2. The van der Waals surface area contributed by atoms with Gasteiger partial charge in [0.1, 0.15) is 0 Å². The van der Waals surface area contributed by atoms with E-state index in [-0.39, 0.29) is 31.5 Å². The van der Waals surface area contributed by atoms with E-state index in [2.05, 4.69) is 27.3 Å². The minimum Gasteiger partial charge on any atom is -0.512 e. The van der Waals surface area contributed by atoms with Crippen LogP contribution in [0.1, 0.15) is 11.4 Å². The molecule has 179 valence electrons. The molecule has 0 unspecified atom stereocenters. The summed E-state index contributed by atoms with van der Waals surface area (Å²) >= 11 is 0. The fourth-order valence-corrected chi connectivity index (χ4v) is 2.97. The van der Waals surface area contributed by atoms with Gasteiger partial charge in [-0.1, -0.05) is 18.2 Å². The maximum atomic E-state index is 13.9.